The smallest absolute Gasteiger partial charge is 0.275 e. The molecule has 0 aliphatic carbocycles. The predicted octanol–water partition coefficient (Wildman–Crippen LogP) is 4.18. The zero-order chi connectivity index (χ0) is 22.9. The molecule has 33 heavy (non-hydrogen) atoms. The highest BCUT2D eigenvalue weighted by molar-refractivity contribution is 7.22. The first-order chi connectivity index (χ1) is 16.0. The number of benzene rings is 2. The molecule has 1 fully saturated rings. The predicted molar refractivity (Wildman–Crippen MR) is 130 cm³/mol. The number of likely N-dealkylation sites (tertiary alicyclic amines) is 1. The molecule has 0 spiro atoms. The van der Waals surface area contributed by atoms with E-state index >= 15 is 0 Å². The Balaban J connectivity index is 1.43. The van der Waals surface area contributed by atoms with Crippen molar-refractivity contribution in [3.63, 3.8) is 0 Å². The minimum Gasteiger partial charge on any atom is -0.493 e. The summed E-state index contributed by atoms with van der Waals surface area (Å²) in [5.41, 5.74) is 2.14. The maximum Gasteiger partial charge on any atom is 0.275 e. The van der Waals surface area contributed by atoms with Gasteiger partial charge < -0.3 is 14.6 Å². The molecule has 4 aromatic rings. The average molecular weight is 484 g/mol. The number of aliphatic hydroxyl groups is 1. The fraction of sp³-hybridized carbons (Fsp3) is 0.250. The highest BCUT2D eigenvalue weighted by Crippen LogP contribution is 2.33. The third-order valence-corrected chi connectivity index (χ3v) is 7.06. The Kier molecular flexibility index (Phi) is 6.07. The van der Waals surface area contributed by atoms with Gasteiger partial charge in [0.05, 0.1) is 24.4 Å². The topological polar surface area (TPSA) is 76.8 Å². The first-order valence-corrected chi connectivity index (χ1v) is 11.7. The van der Waals surface area contributed by atoms with E-state index < -0.39 is 0 Å². The Hall–Kier alpha value is -2.91. The van der Waals surface area contributed by atoms with Gasteiger partial charge in [0.1, 0.15) is 17.8 Å². The van der Waals surface area contributed by atoms with Gasteiger partial charge in [-0.25, -0.2) is 4.98 Å². The number of hydrogen-bond acceptors (Lipinski definition) is 7. The molecule has 7 nitrogen and oxygen atoms in total. The molecule has 1 N–H and O–H groups in total. The van der Waals surface area contributed by atoms with Crippen LogP contribution in [0.3, 0.4) is 0 Å². The Labute approximate surface area is 199 Å². The number of aliphatic hydroxyl groups excluding tert-OH is 1. The van der Waals surface area contributed by atoms with Gasteiger partial charge in [-0.05, 0) is 42.3 Å². The quantitative estimate of drug-likeness (QED) is 0.443. The Morgan fingerprint density at radius 2 is 2.00 bits per heavy atom. The van der Waals surface area contributed by atoms with Gasteiger partial charge in [-0.15, -0.1) is 11.3 Å². The van der Waals surface area contributed by atoms with E-state index in [2.05, 4.69) is 4.98 Å². The summed E-state index contributed by atoms with van der Waals surface area (Å²) in [5.74, 6) is 1.10. The van der Waals surface area contributed by atoms with Crippen LogP contribution in [0.15, 0.2) is 59.7 Å². The van der Waals surface area contributed by atoms with Crippen LogP contribution in [0.5, 0.6) is 11.5 Å². The van der Waals surface area contributed by atoms with Crippen molar-refractivity contribution in [3.8, 4) is 27.6 Å². The summed E-state index contributed by atoms with van der Waals surface area (Å²) >= 11 is 7.40. The first kappa shape index (κ1) is 21.9. The summed E-state index contributed by atoms with van der Waals surface area (Å²) < 4.78 is 13.5. The number of fused-ring (bicyclic) bond motifs is 1. The van der Waals surface area contributed by atoms with Crippen molar-refractivity contribution >= 4 is 33.2 Å². The van der Waals surface area contributed by atoms with Crippen LogP contribution in [-0.2, 0) is 0 Å². The molecule has 0 saturated carbocycles. The Morgan fingerprint density at radius 1 is 1.18 bits per heavy atom. The van der Waals surface area contributed by atoms with E-state index in [1.165, 1.54) is 22.2 Å². The van der Waals surface area contributed by atoms with E-state index in [-0.39, 0.29) is 11.7 Å². The molecule has 0 radical (unpaired) electrons. The summed E-state index contributed by atoms with van der Waals surface area (Å²) in [7, 11) is 1.56. The summed E-state index contributed by atoms with van der Waals surface area (Å²) in [4.78, 5) is 20.7. The maximum atomic E-state index is 13.3. The fourth-order valence-corrected chi connectivity index (χ4v) is 5.04. The summed E-state index contributed by atoms with van der Waals surface area (Å²) in [5, 5.41) is 10.3. The van der Waals surface area contributed by atoms with Crippen molar-refractivity contribution in [2.45, 2.75) is 12.5 Å². The van der Waals surface area contributed by atoms with Gasteiger partial charge in [0.2, 0.25) is 0 Å². The second-order valence-electron chi connectivity index (χ2n) is 7.88. The van der Waals surface area contributed by atoms with Gasteiger partial charge in [-0.1, -0.05) is 23.7 Å². The average Bonchev–Trinajstić information content (AvgIpc) is 3.45. The van der Waals surface area contributed by atoms with E-state index in [0.717, 1.165) is 23.4 Å². The normalized spacial score (nSPS) is 16.4. The second kappa shape index (κ2) is 9.15. The lowest BCUT2D eigenvalue weighted by Gasteiger charge is -2.18. The number of β-amino-alcohol motifs (C(OH)–C–C–N with tert-alkyl or cyclic N) is 1. The number of methoxy groups -OCH3 is 1. The van der Waals surface area contributed by atoms with Crippen LogP contribution >= 0.6 is 22.9 Å². The van der Waals surface area contributed by atoms with E-state index in [9.17, 15) is 9.90 Å². The number of rotatable bonds is 6. The van der Waals surface area contributed by atoms with Crippen molar-refractivity contribution in [3.05, 3.63) is 70.2 Å². The molecule has 0 amide bonds. The van der Waals surface area contributed by atoms with E-state index in [0.29, 0.717) is 45.7 Å². The lowest BCUT2D eigenvalue weighted by atomic mass is 10.2. The lowest BCUT2D eigenvalue weighted by Crippen LogP contribution is -2.26. The molecule has 2 aromatic carbocycles. The number of nitrogens with zero attached hydrogens (tertiary/aromatic N) is 3. The third-order valence-electron chi connectivity index (χ3n) is 5.64. The second-order valence-corrected chi connectivity index (χ2v) is 9.37. The zero-order valence-electron chi connectivity index (χ0n) is 17.9. The maximum absolute atomic E-state index is 13.3. The Bertz CT molecular complexity index is 1350. The van der Waals surface area contributed by atoms with Gasteiger partial charge in [0, 0.05) is 29.1 Å². The molecular formula is C24H22ClN3O4S. The van der Waals surface area contributed by atoms with Crippen molar-refractivity contribution in [2.24, 2.45) is 0 Å². The molecule has 2 aromatic heterocycles. The summed E-state index contributed by atoms with van der Waals surface area (Å²) in [6.45, 7) is 1.75. The standard InChI is InChI=1S/C24H22ClN3O4S/c1-31-21-10-17(6-7-20(21)32-14-27-9-8-18(29)12-27)28-13-26-19-11-22(33-23(19)24(28)30)15-2-4-16(25)5-3-15/h2-7,10-11,13,18,29H,8-9,12,14H2,1H3/t18-/m1/s1. The van der Waals surface area contributed by atoms with E-state index in [1.807, 2.05) is 35.2 Å². The fourth-order valence-electron chi connectivity index (χ4n) is 3.87. The van der Waals surface area contributed by atoms with Crippen LogP contribution in [-0.4, -0.2) is 52.6 Å². The molecule has 1 aliphatic rings. The van der Waals surface area contributed by atoms with Crippen LogP contribution in [0.25, 0.3) is 26.3 Å². The molecule has 3 heterocycles. The van der Waals surface area contributed by atoms with Crippen LogP contribution in [0.1, 0.15) is 6.42 Å². The highest BCUT2D eigenvalue weighted by atomic mass is 35.5. The highest BCUT2D eigenvalue weighted by Gasteiger charge is 2.21. The van der Waals surface area contributed by atoms with Crippen molar-refractivity contribution < 1.29 is 14.6 Å². The molecule has 170 valence electrons. The zero-order valence-corrected chi connectivity index (χ0v) is 19.5. The summed E-state index contributed by atoms with van der Waals surface area (Å²) in [6, 6.07) is 14.8. The lowest BCUT2D eigenvalue weighted by molar-refractivity contribution is 0.121. The van der Waals surface area contributed by atoms with Crippen LogP contribution in [0.2, 0.25) is 5.02 Å². The number of thiophene rings is 1. The van der Waals surface area contributed by atoms with Gasteiger partial charge in [-0.2, -0.15) is 0 Å². The molecule has 0 unspecified atom stereocenters. The van der Waals surface area contributed by atoms with Gasteiger partial charge >= 0.3 is 0 Å². The van der Waals surface area contributed by atoms with E-state index in [4.69, 9.17) is 21.1 Å². The van der Waals surface area contributed by atoms with Gasteiger partial charge in [0.25, 0.3) is 5.56 Å². The molecule has 5 rings (SSSR count). The number of aromatic nitrogens is 2. The molecule has 0 bridgehead atoms. The molecule has 9 heteroatoms. The van der Waals surface area contributed by atoms with Crippen LogP contribution in [0, 0.1) is 0 Å². The molecule has 1 atom stereocenters. The molecule has 1 aliphatic heterocycles. The first-order valence-electron chi connectivity index (χ1n) is 10.5. The van der Waals surface area contributed by atoms with Gasteiger partial charge in [-0.3, -0.25) is 14.3 Å². The largest absolute Gasteiger partial charge is 0.493 e. The van der Waals surface area contributed by atoms with E-state index in [1.54, 1.807) is 25.3 Å². The molecular weight excluding hydrogens is 462 g/mol. The van der Waals surface area contributed by atoms with Crippen molar-refractivity contribution in [1.82, 2.24) is 14.5 Å². The minimum absolute atomic E-state index is 0.146. The monoisotopic (exact) mass is 483 g/mol. The SMILES string of the molecule is COc1cc(-n2cnc3cc(-c4ccc(Cl)cc4)sc3c2=O)ccc1OCN1CC[C@@H](O)C1. The van der Waals surface area contributed by atoms with Crippen molar-refractivity contribution in [2.75, 3.05) is 26.9 Å². The minimum atomic E-state index is -0.301. The molecule has 1 saturated heterocycles. The van der Waals surface area contributed by atoms with Gasteiger partial charge in [0.15, 0.2) is 11.5 Å². The van der Waals surface area contributed by atoms with Crippen molar-refractivity contribution in [1.29, 1.82) is 0 Å². The summed E-state index contributed by atoms with van der Waals surface area (Å²) in [6.07, 6.45) is 1.98. The van der Waals surface area contributed by atoms with Crippen LogP contribution < -0.4 is 15.0 Å². The third kappa shape index (κ3) is 4.47. The number of halogens is 1. The van der Waals surface area contributed by atoms with Crippen LogP contribution in [0.4, 0.5) is 0 Å². The number of hydrogen-bond donors (Lipinski definition) is 1. The number of ether oxygens (including phenoxy) is 2. The Morgan fingerprint density at radius 3 is 2.73 bits per heavy atom.